The van der Waals surface area contributed by atoms with Crippen molar-refractivity contribution in [3.63, 3.8) is 0 Å². The number of ether oxygens (including phenoxy) is 1. The maximum Gasteiger partial charge on any atom is 0.329 e. The van der Waals surface area contributed by atoms with Crippen molar-refractivity contribution in [2.45, 2.75) is 0 Å². The summed E-state index contributed by atoms with van der Waals surface area (Å²) in [4.78, 5) is 14.1. The highest BCUT2D eigenvalue weighted by atomic mass is 79.9. The van der Waals surface area contributed by atoms with Crippen molar-refractivity contribution in [1.82, 2.24) is 4.68 Å². The third kappa shape index (κ3) is 3.07. The van der Waals surface area contributed by atoms with Crippen LogP contribution in [0.4, 0.5) is 16.5 Å². The van der Waals surface area contributed by atoms with Crippen LogP contribution < -0.4 is 20.9 Å². The first-order valence-electron chi connectivity index (χ1n) is 6.52. The monoisotopic (exact) mass is 370 g/mol. The number of hydrogen-bond donors (Lipinski definition) is 2. The van der Waals surface area contributed by atoms with Crippen molar-refractivity contribution in [2.75, 3.05) is 42.4 Å². The number of nitrogens with one attached hydrogen (secondary N) is 1. The molecule has 0 spiro atoms. The first kappa shape index (κ1) is 14.4. The van der Waals surface area contributed by atoms with Crippen LogP contribution in [0.3, 0.4) is 0 Å². The van der Waals surface area contributed by atoms with E-state index in [0.29, 0.717) is 18.2 Å². The summed E-state index contributed by atoms with van der Waals surface area (Å²) in [5, 5.41) is 0.520. The van der Waals surface area contributed by atoms with Crippen LogP contribution in [-0.4, -0.2) is 31.0 Å². The lowest BCUT2D eigenvalue weighted by Crippen LogP contribution is -2.39. The zero-order valence-corrected chi connectivity index (χ0v) is 13.6. The number of nitrogen functional groups attached to an aromatic ring is 1. The lowest BCUT2D eigenvalue weighted by atomic mass is 10.3. The molecule has 1 aliphatic rings. The molecule has 21 heavy (non-hydrogen) atoms. The molecular formula is C13H15BrN4O2S. The van der Waals surface area contributed by atoms with E-state index in [9.17, 15) is 4.79 Å². The van der Waals surface area contributed by atoms with Crippen molar-refractivity contribution in [3.05, 3.63) is 38.4 Å². The molecule has 0 saturated carbocycles. The molecule has 0 atom stereocenters. The van der Waals surface area contributed by atoms with Crippen LogP contribution in [0.1, 0.15) is 0 Å². The van der Waals surface area contributed by atoms with Crippen molar-refractivity contribution in [3.8, 4) is 0 Å². The van der Waals surface area contributed by atoms with Crippen LogP contribution in [0, 0.1) is 0 Å². The predicted molar refractivity (Wildman–Crippen MR) is 89.2 cm³/mol. The van der Waals surface area contributed by atoms with Crippen molar-refractivity contribution in [2.24, 2.45) is 0 Å². The Morgan fingerprint density at radius 2 is 1.90 bits per heavy atom. The van der Waals surface area contributed by atoms with E-state index in [-0.39, 0.29) is 4.87 Å². The minimum Gasteiger partial charge on any atom is -0.387 e. The van der Waals surface area contributed by atoms with Crippen molar-refractivity contribution < 1.29 is 4.74 Å². The fraction of sp³-hybridized carbons (Fsp3) is 0.308. The Bertz CT molecular complexity index is 676. The summed E-state index contributed by atoms with van der Waals surface area (Å²) in [7, 11) is 0. The fourth-order valence-corrected chi connectivity index (χ4v) is 3.19. The molecule has 1 fully saturated rings. The minimum atomic E-state index is -0.128. The number of halogens is 1. The maximum absolute atomic E-state index is 12.1. The van der Waals surface area contributed by atoms with Crippen molar-refractivity contribution >= 4 is 43.8 Å². The summed E-state index contributed by atoms with van der Waals surface area (Å²) < 4.78 is 7.84. The summed E-state index contributed by atoms with van der Waals surface area (Å²) in [5.41, 5.74) is 9.96. The van der Waals surface area contributed by atoms with Gasteiger partial charge in [-0.2, -0.15) is 4.68 Å². The molecule has 1 aromatic carbocycles. The fourth-order valence-electron chi connectivity index (χ4n) is 2.21. The average Bonchev–Trinajstić information content (AvgIpc) is 2.76. The van der Waals surface area contributed by atoms with Gasteiger partial charge in [-0.25, -0.2) is 0 Å². The van der Waals surface area contributed by atoms with E-state index in [1.54, 1.807) is 0 Å². The van der Waals surface area contributed by atoms with E-state index in [0.717, 1.165) is 40.4 Å². The van der Waals surface area contributed by atoms with Gasteiger partial charge in [-0.1, -0.05) is 27.3 Å². The van der Waals surface area contributed by atoms with E-state index in [2.05, 4.69) is 26.3 Å². The Morgan fingerprint density at radius 3 is 2.57 bits per heavy atom. The molecule has 1 aromatic heterocycles. The average molecular weight is 371 g/mol. The second-order valence-corrected chi connectivity index (χ2v) is 6.52. The summed E-state index contributed by atoms with van der Waals surface area (Å²) in [5.74, 6) is 0.719. The Kier molecular flexibility index (Phi) is 4.18. The number of benzene rings is 1. The van der Waals surface area contributed by atoms with Crippen LogP contribution in [-0.2, 0) is 4.74 Å². The molecule has 1 aliphatic heterocycles. The van der Waals surface area contributed by atoms with Gasteiger partial charge < -0.3 is 15.4 Å². The normalized spacial score (nSPS) is 15.2. The molecule has 2 heterocycles. The highest BCUT2D eigenvalue weighted by molar-refractivity contribution is 9.10. The standard InChI is InChI=1S/C13H15BrN4O2S/c14-9-1-3-10(4-2-9)16-18-12(11(15)21-13(18)19)17-5-7-20-8-6-17/h1-4,16H,5-8,15H2. The number of hydrogen-bond acceptors (Lipinski definition) is 6. The Balaban J connectivity index is 1.93. The van der Waals surface area contributed by atoms with E-state index in [1.807, 2.05) is 24.3 Å². The maximum atomic E-state index is 12.1. The van der Waals surface area contributed by atoms with Gasteiger partial charge >= 0.3 is 4.87 Å². The van der Waals surface area contributed by atoms with E-state index in [1.165, 1.54) is 4.68 Å². The predicted octanol–water partition coefficient (Wildman–Crippen LogP) is 1.97. The molecule has 0 unspecified atom stereocenters. The molecule has 8 heteroatoms. The van der Waals surface area contributed by atoms with Gasteiger partial charge in [0.1, 0.15) is 5.00 Å². The van der Waals surface area contributed by atoms with Gasteiger partial charge in [-0.15, -0.1) is 0 Å². The zero-order chi connectivity index (χ0) is 14.8. The van der Waals surface area contributed by atoms with Crippen LogP contribution in [0.25, 0.3) is 0 Å². The number of rotatable bonds is 3. The second kappa shape index (κ2) is 6.08. The smallest absolute Gasteiger partial charge is 0.329 e. The Labute approximate surface area is 134 Å². The first-order chi connectivity index (χ1) is 10.1. The Hall–Kier alpha value is -1.51. The van der Waals surface area contributed by atoms with Crippen LogP contribution >= 0.6 is 27.3 Å². The summed E-state index contributed by atoms with van der Waals surface area (Å²) in [6.07, 6.45) is 0. The summed E-state index contributed by atoms with van der Waals surface area (Å²) in [6.45, 7) is 2.73. The minimum absolute atomic E-state index is 0.128. The van der Waals surface area contributed by atoms with Gasteiger partial charge in [0.25, 0.3) is 0 Å². The lowest BCUT2D eigenvalue weighted by Gasteiger charge is -2.29. The molecule has 3 N–H and O–H groups in total. The van der Waals surface area contributed by atoms with Crippen LogP contribution in [0.2, 0.25) is 0 Å². The number of morpholine rings is 1. The van der Waals surface area contributed by atoms with Gasteiger partial charge in [0.05, 0.1) is 18.9 Å². The molecule has 0 bridgehead atoms. The number of nitrogens with zero attached hydrogens (tertiary/aromatic N) is 2. The zero-order valence-electron chi connectivity index (χ0n) is 11.2. The number of thiazole rings is 1. The highest BCUT2D eigenvalue weighted by Crippen LogP contribution is 2.27. The molecule has 0 radical (unpaired) electrons. The summed E-state index contributed by atoms with van der Waals surface area (Å²) >= 11 is 4.43. The van der Waals surface area contributed by atoms with Crippen LogP contribution in [0.15, 0.2) is 33.5 Å². The molecule has 6 nitrogen and oxygen atoms in total. The number of anilines is 3. The van der Waals surface area contributed by atoms with Gasteiger partial charge in [0, 0.05) is 17.6 Å². The van der Waals surface area contributed by atoms with E-state index >= 15 is 0 Å². The van der Waals surface area contributed by atoms with E-state index < -0.39 is 0 Å². The topological polar surface area (TPSA) is 72.5 Å². The second-order valence-electron chi connectivity index (χ2n) is 4.61. The molecule has 3 rings (SSSR count). The lowest BCUT2D eigenvalue weighted by molar-refractivity contribution is 0.122. The van der Waals surface area contributed by atoms with E-state index in [4.69, 9.17) is 10.5 Å². The van der Waals surface area contributed by atoms with Gasteiger partial charge in [-0.05, 0) is 24.3 Å². The molecule has 2 aromatic rings. The molecule has 1 saturated heterocycles. The first-order valence-corrected chi connectivity index (χ1v) is 8.13. The molecule has 0 aliphatic carbocycles. The number of aromatic nitrogens is 1. The van der Waals surface area contributed by atoms with Crippen LogP contribution in [0.5, 0.6) is 0 Å². The van der Waals surface area contributed by atoms with Gasteiger partial charge in [0.2, 0.25) is 0 Å². The molecule has 0 amide bonds. The number of nitrogens with two attached hydrogens (primary N) is 1. The quantitative estimate of drug-likeness (QED) is 0.863. The molecular weight excluding hydrogens is 356 g/mol. The third-order valence-corrected chi connectivity index (χ3v) is 4.50. The third-order valence-electron chi connectivity index (χ3n) is 3.21. The highest BCUT2D eigenvalue weighted by Gasteiger charge is 2.21. The van der Waals surface area contributed by atoms with Gasteiger partial charge in [0.15, 0.2) is 5.82 Å². The summed E-state index contributed by atoms with van der Waals surface area (Å²) in [6, 6.07) is 7.62. The largest absolute Gasteiger partial charge is 0.387 e. The van der Waals surface area contributed by atoms with Gasteiger partial charge in [-0.3, -0.25) is 10.2 Å². The Morgan fingerprint density at radius 1 is 1.24 bits per heavy atom. The van der Waals surface area contributed by atoms with Crippen molar-refractivity contribution in [1.29, 1.82) is 0 Å². The SMILES string of the molecule is Nc1sc(=O)n(Nc2ccc(Br)cc2)c1N1CCOCC1. The molecule has 112 valence electrons.